The van der Waals surface area contributed by atoms with E-state index in [1.807, 2.05) is 13.0 Å². The number of pyridine rings is 1. The van der Waals surface area contributed by atoms with Gasteiger partial charge in [-0.2, -0.15) is 0 Å². The second kappa shape index (κ2) is 5.42. The number of carboxylic acids is 1. The molecule has 0 radical (unpaired) electrons. The fourth-order valence-corrected chi connectivity index (χ4v) is 3.10. The molecule has 1 aromatic carbocycles. The highest BCUT2D eigenvalue weighted by Gasteiger charge is 2.16. The lowest BCUT2D eigenvalue weighted by atomic mass is 10.2. The van der Waals surface area contributed by atoms with Crippen LogP contribution in [0.3, 0.4) is 0 Å². The molecule has 0 spiro atoms. The molecule has 2 aromatic rings. The Hall–Kier alpha value is -2.21. The number of aromatic carboxylic acids is 1. The molecule has 1 aromatic heterocycles. The smallest absolute Gasteiger partial charge is 0.337 e. The van der Waals surface area contributed by atoms with Crippen LogP contribution in [0.2, 0.25) is 0 Å². The van der Waals surface area contributed by atoms with Crippen molar-refractivity contribution in [3.8, 4) is 0 Å². The van der Waals surface area contributed by atoms with Gasteiger partial charge in [0, 0.05) is 6.20 Å². The zero-order chi connectivity index (χ0) is 14.8. The van der Waals surface area contributed by atoms with Crippen LogP contribution >= 0.6 is 0 Å². The van der Waals surface area contributed by atoms with Crippen LogP contribution in [0.1, 0.15) is 21.6 Å². The topological polar surface area (TPSA) is 84.3 Å². The highest BCUT2D eigenvalue weighted by Crippen LogP contribution is 2.16. The Morgan fingerprint density at radius 2 is 2.00 bits per heavy atom. The largest absolute Gasteiger partial charge is 0.478 e. The second-order valence-corrected chi connectivity index (χ2v) is 6.41. The molecule has 2 rings (SSSR count). The minimum absolute atomic E-state index is 0.0294. The van der Waals surface area contributed by atoms with E-state index >= 15 is 0 Å². The quantitative estimate of drug-likeness (QED) is 0.932. The van der Waals surface area contributed by atoms with E-state index in [1.54, 1.807) is 12.1 Å². The predicted molar refractivity (Wildman–Crippen MR) is 73.3 cm³/mol. The van der Waals surface area contributed by atoms with E-state index in [1.165, 1.54) is 18.2 Å². The van der Waals surface area contributed by atoms with Crippen LogP contribution in [0.25, 0.3) is 0 Å². The third kappa shape index (κ3) is 3.21. The summed E-state index contributed by atoms with van der Waals surface area (Å²) in [5.41, 5.74) is 1.21. The van der Waals surface area contributed by atoms with E-state index in [0.29, 0.717) is 5.69 Å². The SMILES string of the molecule is Cc1cccc(S(=O)(=O)Cc2ccc(C(=O)O)cn2)c1. The van der Waals surface area contributed by atoms with E-state index in [4.69, 9.17) is 5.11 Å². The average Bonchev–Trinajstić information content (AvgIpc) is 2.39. The van der Waals surface area contributed by atoms with Crippen LogP contribution in [0, 0.1) is 6.92 Å². The molecule has 0 unspecified atom stereocenters. The van der Waals surface area contributed by atoms with Gasteiger partial charge in [0.15, 0.2) is 9.84 Å². The first-order valence-corrected chi connectivity index (χ1v) is 7.51. The van der Waals surface area contributed by atoms with Crippen molar-refractivity contribution in [3.63, 3.8) is 0 Å². The van der Waals surface area contributed by atoms with Gasteiger partial charge in [0.2, 0.25) is 0 Å². The van der Waals surface area contributed by atoms with E-state index in [0.717, 1.165) is 11.8 Å². The highest BCUT2D eigenvalue weighted by atomic mass is 32.2. The molecule has 1 heterocycles. The Morgan fingerprint density at radius 1 is 1.25 bits per heavy atom. The summed E-state index contributed by atoms with van der Waals surface area (Å²) >= 11 is 0. The molecular formula is C14H13NO4S. The molecule has 0 fully saturated rings. The zero-order valence-corrected chi connectivity index (χ0v) is 11.6. The minimum Gasteiger partial charge on any atom is -0.478 e. The standard InChI is InChI=1S/C14H13NO4S/c1-10-3-2-4-13(7-10)20(18,19)9-12-6-5-11(8-15-12)14(16)17/h2-8H,9H2,1H3,(H,16,17). The van der Waals surface area contributed by atoms with Gasteiger partial charge >= 0.3 is 5.97 Å². The first-order chi connectivity index (χ1) is 9.38. The first-order valence-electron chi connectivity index (χ1n) is 5.86. The van der Waals surface area contributed by atoms with Gasteiger partial charge in [0.05, 0.1) is 21.9 Å². The van der Waals surface area contributed by atoms with E-state index < -0.39 is 15.8 Å². The summed E-state index contributed by atoms with van der Waals surface area (Å²) in [6.45, 7) is 1.82. The average molecular weight is 291 g/mol. The number of benzene rings is 1. The molecular weight excluding hydrogens is 278 g/mol. The maximum absolute atomic E-state index is 12.2. The van der Waals surface area contributed by atoms with E-state index in [9.17, 15) is 13.2 Å². The highest BCUT2D eigenvalue weighted by molar-refractivity contribution is 7.90. The van der Waals surface area contributed by atoms with Crippen LogP contribution in [0.5, 0.6) is 0 Å². The summed E-state index contributed by atoms with van der Waals surface area (Å²) in [6.07, 6.45) is 1.16. The van der Waals surface area contributed by atoms with Crippen molar-refractivity contribution in [2.45, 2.75) is 17.6 Å². The van der Waals surface area contributed by atoms with Gasteiger partial charge in [-0.15, -0.1) is 0 Å². The number of rotatable bonds is 4. The lowest BCUT2D eigenvalue weighted by molar-refractivity contribution is 0.0696. The number of aryl methyl sites for hydroxylation is 1. The summed E-state index contributed by atoms with van der Waals surface area (Å²) in [5, 5.41) is 8.76. The molecule has 0 amide bonds. The number of carbonyl (C=O) groups is 1. The van der Waals surface area contributed by atoms with Crippen LogP contribution < -0.4 is 0 Å². The summed E-state index contributed by atoms with van der Waals surface area (Å²) in [5.74, 6) is -1.35. The lowest BCUT2D eigenvalue weighted by Crippen LogP contribution is -2.07. The number of nitrogens with zero attached hydrogens (tertiary/aromatic N) is 1. The summed E-state index contributed by atoms with van der Waals surface area (Å²) in [6, 6.07) is 9.39. The molecule has 0 atom stereocenters. The molecule has 6 heteroatoms. The molecule has 0 aliphatic carbocycles. The van der Waals surface area contributed by atoms with Crippen molar-refractivity contribution >= 4 is 15.8 Å². The molecule has 5 nitrogen and oxygen atoms in total. The maximum atomic E-state index is 12.2. The Morgan fingerprint density at radius 3 is 2.55 bits per heavy atom. The Balaban J connectivity index is 2.26. The molecule has 0 bridgehead atoms. The molecule has 0 saturated heterocycles. The van der Waals surface area contributed by atoms with Gasteiger partial charge in [0.1, 0.15) is 0 Å². The summed E-state index contributed by atoms with van der Waals surface area (Å²) in [4.78, 5) is 14.8. The number of carboxylic acid groups (broad SMARTS) is 1. The summed E-state index contributed by atoms with van der Waals surface area (Å²) < 4.78 is 24.4. The van der Waals surface area contributed by atoms with Gasteiger partial charge in [-0.1, -0.05) is 12.1 Å². The molecule has 104 valence electrons. The number of aromatic nitrogens is 1. The zero-order valence-electron chi connectivity index (χ0n) is 10.8. The second-order valence-electron chi connectivity index (χ2n) is 4.42. The molecule has 0 saturated carbocycles. The van der Waals surface area contributed by atoms with Crippen molar-refractivity contribution in [1.29, 1.82) is 0 Å². The van der Waals surface area contributed by atoms with E-state index in [-0.39, 0.29) is 16.2 Å². The molecule has 20 heavy (non-hydrogen) atoms. The maximum Gasteiger partial charge on any atom is 0.337 e. The van der Waals surface area contributed by atoms with Crippen molar-refractivity contribution < 1.29 is 18.3 Å². The Labute approximate surface area is 116 Å². The van der Waals surface area contributed by atoms with Crippen molar-refractivity contribution in [2.24, 2.45) is 0 Å². The van der Waals surface area contributed by atoms with Crippen LogP contribution in [0.15, 0.2) is 47.5 Å². The minimum atomic E-state index is -3.48. The molecule has 0 aliphatic rings. The monoisotopic (exact) mass is 291 g/mol. The number of hydrogen-bond donors (Lipinski definition) is 1. The van der Waals surface area contributed by atoms with Crippen molar-refractivity contribution in [2.75, 3.05) is 0 Å². The van der Waals surface area contributed by atoms with Gasteiger partial charge in [0.25, 0.3) is 0 Å². The first kappa shape index (κ1) is 14.2. The molecule has 0 aliphatic heterocycles. The van der Waals surface area contributed by atoms with Crippen molar-refractivity contribution in [3.05, 3.63) is 59.4 Å². The summed E-state index contributed by atoms with van der Waals surface area (Å²) in [7, 11) is -3.48. The Bertz CT molecular complexity index is 736. The van der Waals surface area contributed by atoms with Crippen LogP contribution in [0.4, 0.5) is 0 Å². The fourth-order valence-electron chi connectivity index (χ4n) is 1.72. The third-order valence-electron chi connectivity index (χ3n) is 2.76. The Kier molecular flexibility index (Phi) is 3.85. The van der Waals surface area contributed by atoms with Gasteiger partial charge in [-0.3, -0.25) is 4.98 Å². The fraction of sp³-hybridized carbons (Fsp3) is 0.143. The van der Waals surface area contributed by atoms with Crippen molar-refractivity contribution in [1.82, 2.24) is 4.98 Å². The number of hydrogen-bond acceptors (Lipinski definition) is 4. The van der Waals surface area contributed by atoms with Crippen LogP contribution in [-0.4, -0.2) is 24.5 Å². The third-order valence-corrected chi connectivity index (χ3v) is 4.41. The van der Waals surface area contributed by atoms with E-state index in [2.05, 4.69) is 4.98 Å². The van der Waals surface area contributed by atoms with Gasteiger partial charge in [-0.05, 0) is 36.8 Å². The van der Waals surface area contributed by atoms with Crippen LogP contribution in [-0.2, 0) is 15.6 Å². The normalized spacial score (nSPS) is 11.2. The molecule has 1 N–H and O–H groups in total. The van der Waals surface area contributed by atoms with Gasteiger partial charge < -0.3 is 5.11 Å². The number of sulfone groups is 1. The predicted octanol–water partition coefficient (Wildman–Crippen LogP) is 2.06. The van der Waals surface area contributed by atoms with Gasteiger partial charge in [-0.25, -0.2) is 13.2 Å². The lowest BCUT2D eigenvalue weighted by Gasteiger charge is -2.05.